The maximum absolute atomic E-state index is 12.2. The van der Waals surface area contributed by atoms with Crippen molar-refractivity contribution in [2.45, 2.75) is 45.7 Å². The van der Waals surface area contributed by atoms with Crippen LogP contribution in [0.4, 0.5) is 0 Å². The minimum Gasteiger partial charge on any atom is -0.481 e. The lowest BCUT2D eigenvalue weighted by atomic mass is 10.1. The third-order valence-corrected chi connectivity index (χ3v) is 2.89. The summed E-state index contributed by atoms with van der Waals surface area (Å²) in [6.45, 7) is 7.51. The number of nitrogens with zero attached hydrogens (tertiary/aromatic N) is 1. The molecule has 5 nitrogen and oxygen atoms in total. The second kappa shape index (κ2) is 6.00. The van der Waals surface area contributed by atoms with Gasteiger partial charge in [0.05, 0.1) is 12.5 Å². The molecular weight excluding hydrogens is 220 g/mol. The van der Waals surface area contributed by atoms with Gasteiger partial charge in [0.1, 0.15) is 0 Å². The van der Waals surface area contributed by atoms with E-state index in [0.29, 0.717) is 19.0 Å². The third kappa shape index (κ3) is 4.34. The number of carbonyl (C=O) groups excluding carboxylic acids is 1. The Bertz CT molecular complexity index is 291. The summed E-state index contributed by atoms with van der Waals surface area (Å²) in [6.07, 6.45) is 0.729. The quantitative estimate of drug-likeness (QED) is 0.761. The summed E-state index contributed by atoms with van der Waals surface area (Å²) in [7, 11) is 0. The molecular formula is C12H22N2O3. The molecule has 1 fully saturated rings. The normalized spacial score (nSPS) is 26.1. The van der Waals surface area contributed by atoms with Crippen LogP contribution in [-0.4, -0.2) is 47.1 Å². The predicted octanol–water partition coefficient (Wildman–Crippen LogP) is 0.696. The number of carboxylic acids is 1. The fourth-order valence-corrected chi connectivity index (χ4v) is 2.12. The van der Waals surface area contributed by atoms with Gasteiger partial charge in [-0.3, -0.25) is 9.59 Å². The topological polar surface area (TPSA) is 69.6 Å². The van der Waals surface area contributed by atoms with Gasteiger partial charge >= 0.3 is 5.97 Å². The molecule has 98 valence electrons. The zero-order chi connectivity index (χ0) is 13.0. The molecule has 5 heteroatoms. The number of carbonyl (C=O) groups is 2. The molecule has 0 spiro atoms. The van der Waals surface area contributed by atoms with E-state index in [0.717, 1.165) is 6.42 Å². The maximum Gasteiger partial charge on any atom is 0.305 e. The fourth-order valence-electron chi connectivity index (χ4n) is 2.12. The Hall–Kier alpha value is -1.10. The van der Waals surface area contributed by atoms with Gasteiger partial charge in [-0.25, -0.2) is 0 Å². The van der Waals surface area contributed by atoms with Crippen molar-refractivity contribution >= 4 is 11.9 Å². The van der Waals surface area contributed by atoms with E-state index in [-0.39, 0.29) is 18.4 Å². The van der Waals surface area contributed by atoms with Crippen LogP contribution >= 0.6 is 0 Å². The molecule has 0 aromatic carbocycles. The van der Waals surface area contributed by atoms with Crippen molar-refractivity contribution in [3.8, 4) is 0 Å². The molecule has 1 amide bonds. The van der Waals surface area contributed by atoms with Crippen LogP contribution in [-0.2, 0) is 9.59 Å². The van der Waals surface area contributed by atoms with E-state index in [9.17, 15) is 9.59 Å². The van der Waals surface area contributed by atoms with Gasteiger partial charge in [-0.1, -0.05) is 13.8 Å². The summed E-state index contributed by atoms with van der Waals surface area (Å²) in [5.74, 6) is -0.613. The molecule has 1 heterocycles. The largest absolute Gasteiger partial charge is 0.481 e. The number of hydrogen-bond acceptors (Lipinski definition) is 3. The van der Waals surface area contributed by atoms with Crippen molar-refractivity contribution in [1.82, 2.24) is 10.2 Å². The molecule has 1 aliphatic heterocycles. The molecule has 1 aliphatic rings. The molecule has 0 radical (unpaired) electrons. The Morgan fingerprint density at radius 2 is 2.24 bits per heavy atom. The molecule has 0 aliphatic carbocycles. The summed E-state index contributed by atoms with van der Waals surface area (Å²) in [6, 6.07) is -0.399. The minimum atomic E-state index is -0.936. The SMILES string of the molecule is CC(C)CN1CCC(C)NC(CC(=O)O)C1=O. The van der Waals surface area contributed by atoms with Crippen molar-refractivity contribution in [3.05, 3.63) is 0 Å². The van der Waals surface area contributed by atoms with Gasteiger partial charge in [-0.2, -0.15) is 0 Å². The van der Waals surface area contributed by atoms with Crippen LogP contribution in [0.3, 0.4) is 0 Å². The van der Waals surface area contributed by atoms with E-state index in [1.807, 2.05) is 6.92 Å². The molecule has 0 bridgehead atoms. The zero-order valence-corrected chi connectivity index (χ0v) is 10.8. The number of hydrogen-bond donors (Lipinski definition) is 2. The smallest absolute Gasteiger partial charge is 0.305 e. The highest BCUT2D eigenvalue weighted by Gasteiger charge is 2.30. The van der Waals surface area contributed by atoms with Gasteiger partial charge in [0.25, 0.3) is 0 Å². The van der Waals surface area contributed by atoms with Crippen LogP contribution in [0.15, 0.2) is 0 Å². The number of nitrogens with one attached hydrogen (secondary N) is 1. The molecule has 0 aromatic rings. The van der Waals surface area contributed by atoms with Gasteiger partial charge in [0.2, 0.25) is 5.91 Å². The van der Waals surface area contributed by atoms with Gasteiger partial charge in [0, 0.05) is 19.1 Å². The van der Waals surface area contributed by atoms with E-state index >= 15 is 0 Å². The average Bonchev–Trinajstić information content (AvgIpc) is 2.30. The number of rotatable bonds is 4. The number of amides is 1. The maximum atomic E-state index is 12.2. The van der Waals surface area contributed by atoms with Crippen molar-refractivity contribution in [3.63, 3.8) is 0 Å². The molecule has 1 rings (SSSR count). The fraction of sp³-hybridized carbons (Fsp3) is 0.833. The lowest BCUT2D eigenvalue weighted by Crippen LogP contribution is -2.47. The highest BCUT2D eigenvalue weighted by atomic mass is 16.4. The lowest BCUT2D eigenvalue weighted by molar-refractivity contribution is -0.142. The lowest BCUT2D eigenvalue weighted by Gasteiger charge is -2.25. The molecule has 17 heavy (non-hydrogen) atoms. The molecule has 2 atom stereocenters. The zero-order valence-electron chi connectivity index (χ0n) is 10.8. The van der Waals surface area contributed by atoms with E-state index in [1.165, 1.54) is 0 Å². The van der Waals surface area contributed by atoms with Gasteiger partial charge in [-0.15, -0.1) is 0 Å². The third-order valence-electron chi connectivity index (χ3n) is 2.89. The summed E-state index contributed by atoms with van der Waals surface area (Å²) in [5, 5.41) is 11.9. The van der Waals surface area contributed by atoms with Gasteiger partial charge in [-0.05, 0) is 19.3 Å². The Balaban J connectivity index is 2.73. The van der Waals surface area contributed by atoms with E-state index in [1.54, 1.807) is 4.90 Å². The van der Waals surface area contributed by atoms with E-state index in [4.69, 9.17) is 5.11 Å². The predicted molar refractivity (Wildman–Crippen MR) is 64.7 cm³/mol. The first-order valence-corrected chi connectivity index (χ1v) is 6.16. The van der Waals surface area contributed by atoms with Crippen LogP contribution in [0.1, 0.15) is 33.6 Å². The first-order valence-electron chi connectivity index (χ1n) is 6.16. The highest BCUT2D eigenvalue weighted by molar-refractivity contribution is 5.86. The molecule has 2 N–H and O–H groups in total. The van der Waals surface area contributed by atoms with Crippen LogP contribution < -0.4 is 5.32 Å². The van der Waals surface area contributed by atoms with Crippen LogP contribution in [0.25, 0.3) is 0 Å². The highest BCUT2D eigenvalue weighted by Crippen LogP contribution is 2.11. The van der Waals surface area contributed by atoms with Crippen LogP contribution in [0, 0.1) is 5.92 Å². The first-order chi connectivity index (χ1) is 7.90. The van der Waals surface area contributed by atoms with Gasteiger partial charge < -0.3 is 15.3 Å². The number of aliphatic carboxylic acids is 1. The van der Waals surface area contributed by atoms with Gasteiger partial charge in [0.15, 0.2) is 0 Å². The van der Waals surface area contributed by atoms with E-state index < -0.39 is 12.0 Å². The Morgan fingerprint density at radius 3 is 2.76 bits per heavy atom. The summed E-state index contributed by atoms with van der Waals surface area (Å²) < 4.78 is 0. The van der Waals surface area contributed by atoms with Crippen molar-refractivity contribution in [2.75, 3.05) is 13.1 Å². The standard InChI is InChI=1S/C12H22N2O3/c1-8(2)7-14-5-4-9(3)13-10(12(14)17)6-11(15)16/h8-10,13H,4-7H2,1-3H3,(H,15,16). The molecule has 1 saturated heterocycles. The molecule has 2 unspecified atom stereocenters. The summed E-state index contributed by atoms with van der Waals surface area (Å²) >= 11 is 0. The van der Waals surface area contributed by atoms with Crippen molar-refractivity contribution in [1.29, 1.82) is 0 Å². The Morgan fingerprint density at radius 1 is 1.59 bits per heavy atom. The average molecular weight is 242 g/mol. The van der Waals surface area contributed by atoms with Crippen molar-refractivity contribution < 1.29 is 14.7 Å². The second-order valence-electron chi connectivity index (χ2n) is 5.18. The Kier molecular flexibility index (Phi) is 4.93. The monoisotopic (exact) mass is 242 g/mol. The van der Waals surface area contributed by atoms with Crippen LogP contribution in [0.2, 0.25) is 0 Å². The summed E-state index contributed by atoms with van der Waals surface area (Å²) in [4.78, 5) is 24.7. The Labute approximate surface area is 102 Å². The van der Waals surface area contributed by atoms with Crippen LogP contribution in [0.5, 0.6) is 0 Å². The second-order valence-corrected chi connectivity index (χ2v) is 5.18. The molecule has 0 aromatic heterocycles. The number of carboxylic acid groups (broad SMARTS) is 1. The van der Waals surface area contributed by atoms with E-state index in [2.05, 4.69) is 19.2 Å². The van der Waals surface area contributed by atoms with Crippen molar-refractivity contribution in [2.24, 2.45) is 5.92 Å². The first kappa shape index (κ1) is 14.0. The minimum absolute atomic E-state index is 0.0783. The summed E-state index contributed by atoms with van der Waals surface area (Å²) in [5.41, 5.74) is 0. The molecule has 0 saturated carbocycles.